The third kappa shape index (κ3) is 6.48. The average molecular weight is 568 g/mol. The normalized spacial score (nSPS) is 24.3. The van der Waals surface area contributed by atoms with Crippen molar-refractivity contribution in [3.8, 4) is 0 Å². The van der Waals surface area contributed by atoms with Gasteiger partial charge in [0.2, 0.25) is 0 Å². The van der Waals surface area contributed by atoms with Gasteiger partial charge >= 0.3 is 12.4 Å². The van der Waals surface area contributed by atoms with E-state index in [2.05, 4.69) is 10.2 Å². The molecule has 0 aromatic heterocycles. The molecule has 2 aromatic rings. The van der Waals surface area contributed by atoms with E-state index in [4.69, 9.17) is 0 Å². The van der Waals surface area contributed by atoms with Gasteiger partial charge in [-0.3, -0.25) is 4.79 Å². The second kappa shape index (κ2) is 11.4. The lowest BCUT2D eigenvalue weighted by Crippen LogP contribution is -2.55. The molecule has 1 amide bonds. The highest BCUT2D eigenvalue weighted by Gasteiger charge is 2.42. The third-order valence-electron chi connectivity index (χ3n) is 9.14. The topological polar surface area (TPSA) is 35.6 Å². The number of amides is 1. The average Bonchev–Trinajstić information content (AvgIpc) is 2.93. The summed E-state index contributed by atoms with van der Waals surface area (Å²) in [4.78, 5) is 17.6. The molecule has 2 aromatic carbocycles. The second-order valence-corrected chi connectivity index (χ2v) is 11.6. The van der Waals surface area contributed by atoms with E-state index < -0.39 is 35.0 Å². The van der Waals surface area contributed by atoms with Gasteiger partial charge in [-0.1, -0.05) is 30.3 Å². The molecule has 5 rings (SSSR count). The van der Waals surface area contributed by atoms with Gasteiger partial charge in [-0.25, -0.2) is 0 Å². The molecule has 0 aliphatic carbocycles. The zero-order valence-corrected chi connectivity index (χ0v) is 22.3. The van der Waals surface area contributed by atoms with Crippen LogP contribution in [0.2, 0.25) is 0 Å². The van der Waals surface area contributed by atoms with E-state index in [-0.39, 0.29) is 24.7 Å². The fourth-order valence-corrected chi connectivity index (χ4v) is 6.77. The van der Waals surface area contributed by atoms with Gasteiger partial charge in [-0.05, 0) is 100 Å². The Morgan fingerprint density at radius 1 is 0.850 bits per heavy atom. The summed E-state index contributed by atoms with van der Waals surface area (Å²) < 4.78 is 81.0. The van der Waals surface area contributed by atoms with Gasteiger partial charge < -0.3 is 15.1 Å². The van der Waals surface area contributed by atoms with E-state index in [9.17, 15) is 31.1 Å². The molecule has 1 spiro atoms. The van der Waals surface area contributed by atoms with Gasteiger partial charge in [-0.2, -0.15) is 26.3 Å². The molecule has 3 fully saturated rings. The first-order chi connectivity index (χ1) is 18.9. The van der Waals surface area contributed by atoms with Crippen molar-refractivity contribution < 1.29 is 31.1 Å². The molecule has 40 heavy (non-hydrogen) atoms. The Morgan fingerprint density at radius 3 is 2.02 bits per heavy atom. The van der Waals surface area contributed by atoms with E-state index in [1.165, 1.54) is 17.7 Å². The minimum Gasteiger partial charge on any atom is -0.335 e. The molecule has 3 aliphatic rings. The van der Waals surface area contributed by atoms with Gasteiger partial charge in [-0.15, -0.1) is 0 Å². The van der Waals surface area contributed by atoms with Crippen LogP contribution in [0.5, 0.6) is 0 Å². The number of hydrogen-bond donors (Lipinski definition) is 1. The van der Waals surface area contributed by atoms with Crippen molar-refractivity contribution in [1.29, 1.82) is 0 Å². The quantitative estimate of drug-likeness (QED) is 0.434. The third-order valence-corrected chi connectivity index (χ3v) is 9.14. The summed E-state index contributed by atoms with van der Waals surface area (Å²) in [5.74, 6) is -0.789. The van der Waals surface area contributed by atoms with E-state index in [0.717, 1.165) is 44.6 Å². The first-order valence-corrected chi connectivity index (χ1v) is 14.0. The Hall–Kier alpha value is -2.59. The van der Waals surface area contributed by atoms with Crippen LogP contribution in [-0.4, -0.2) is 60.5 Å². The number of nitrogens with zero attached hydrogens (tertiary/aromatic N) is 2. The molecule has 4 nitrogen and oxygen atoms in total. The predicted molar refractivity (Wildman–Crippen MR) is 140 cm³/mol. The van der Waals surface area contributed by atoms with Crippen LogP contribution < -0.4 is 5.32 Å². The highest BCUT2D eigenvalue weighted by molar-refractivity contribution is 5.95. The van der Waals surface area contributed by atoms with E-state index in [1.54, 1.807) is 0 Å². The number of halogens is 6. The lowest BCUT2D eigenvalue weighted by molar-refractivity contribution is -0.143. The fourth-order valence-electron chi connectivity index (χ4n) is 6.77. The summed E-state index contributed by atoms with van der Waals surface area (Å²) in [7, 11) is 0. The number of carbonyl (C=O) groups is 1. The Kier molecular flexibility index (Phi) is 8.21. The van der Waals surface area contributed by atoms with Crippen molar-refractivity contribution in [3.63, 3.8) is 0 Å². The highest BCUT2D eigenvalue weighted by Crippen LogP contribution is 2.41. The Bertz CT molecular complexity index is 1130. The molecule has 2 atom stereocenters. The molecule has 0 saturated carbocycles. The van der Waals surface area contributed by atoms with Gasteiger partial charge in [0.15, 0.2) is 0 Å². The number of alkyl halides is 6. The van der Waals surface area contributed by atoms with E-state index in [0.29, 0.717) is 36.8 Å². The molecule has 0 radical (unpaired) electrons. The van der Waals surface area contributed by atoms with Crippen molar-refractivity contribution >= 4 is 5.91 Å². The minimum absolute atomic E-state index is 0.0654. The molecule has 10 heteroatoms. The lowest BCUT2D eigenvalue weighted by atomic mass is 9.71. The summed E-state index contributed by atoms with van der Waals surface area (Å²) in [5, 5.41) is 3.44. The summed E-state index contributed by atoms with van der Waals surface area (Å²) in [5.41, 5.74) is -2.16. The van der Waals surface area contributed by atoms with Crippen molar-refractivity contribution in [1.82, 2.24) is 15.1 Å². The van der Waals surface area contributed by atoms with Crippen LogP contribution in [0.25, 0.3) is 0 Å². The van der Waals surface area contributed by atoms with Gasteiger partial charge in [0.25, 0.3) is 5.91 Å². The summed E-state index contributed by atoms with van der Waals surface area (Å²) in [6.07, 6.45) is -3.65. The maximum atomic E-state index is 13.6. The molecule has 2 unspecified atom stereocenters. The van der Waals surface area contributed by atoms with Crippen LogP contribution in [0.1, 0.15) is 65.6 Å². The summed E-state index contributed by atoms with van der Waals surface area (Å²) in [6, 6.07) is 10.5. The Labute approximate surface area is 230 Å². The molecule has 218 valence electrons. The number of hydrogen-bond acceptors (Lipinski definition) is 3. The maximum absolute atomic E-state index is 13.6. The van der Waals surface area contributed by atoms with Crippen molar-refractivity contribution in [3.05, 3.63) is 70.8 Å². The zero-order valence-electron chi connectivity index (χ0n) is 22.3. The van der Waals surface area contributed by atoms with Crippen LogP contribution >= 0.6 is 0 Å². The maximum Gasteiger partial charge on any atom is 0.416 e. The number of nitrogens with one attached hydrogen (secondary N) is 1. The second-order valence-electron chi connectivity index (χ2n) is 11.6. The smallest absolute Gasteiger partial charge is 0.335 e. The van der Waals surface area contributed by atoms with Crippen LogP contribution in [-0.2, 0) is 18.8 Å². The van der Waals surface area contributed by atoms with Gasteiger partial charge in [0, 0.05) is 24.2 Å². The number of benzene rings is 2. The zero-order chi connectivity index (χ0) is 28.5. The van der Waals surface area contributed by atoms with Crippen molar-refractivity contribution in [2.45, 2.75) is 69.4 Å². The number of carbonyl (C=O) groups excluding carboxylic acids is 1. The van der Waals surface area contributed by atoms with Gasteiger partial charge in [0.1, 0.15) is 0 Å². The molecular formula is C30H35F6N3O. The van der Waals surface area contributed by atoms with Crippen LogP contribution in [0, 0.1) is 5.41 Å². The van der Waals surface area contributed by atoms with Crippen molar-refractivity contribution in [2.24, 2.45) is 5.41 Å². The van der Waals surface area contributed by atoms with Crippen LogP contribution in [0.4, 0.5) is 26.3 Å². The number of rotatable bonds is 4. The molecule has 3 heterocycles. The first kappa shape index (κ1) is 28.9. The monoisotopic (exact) mass is 567 g/mol. The Morgan fingerprint density at radius 2 is 1.45 bits per heavy atom. The lowest BCUT2D eigenvalue weighted by Gasteiger charge is -2.49. The van der Waals surface area contributed by atoms with Crippen molar-refractivity contribution in [2.75, 3.05) is 32.7 Å². The number of piperidine rings is 3. The largest absolute Gasteiger partial charge is 0.416 e. The number of likely N-dealkylation sites (tertiary alicyclic amines) is 2. The summed E-state index contributed by atoms with van der Waals surface area (Å²) >= 11 is 0. The Balaban J connectivity index is 1.38. The van der Waals surface area contributed by atoms with E-state index >= 15 is 0 Å². The molecule has 1 N–H and O–H groups in total. The summed E-state index contributed by atoms with van der Waals surface area (Å²) in [6.45, 7) is 4.32. The molecule has 0 bridgehead atoms. The highest BCUT2D eigenvalue weighted by atomic mass is 19.4. The molecular weight excluding hydrogens is 532 g/mol. The fraction of sp³-hybridized carbons (Fsp3) is 0.567. The minimum atomic E-state index is -5.01. The standard InChI is InChI=1S/C30H35F6N3O/c31-29(32,33)23-17-22(18-24(19-23)30(34,35)36)27(40)39-13-6-25(20-26(39)16-21-4-2-1-3-5-21)38-14-9-28(10-15-38)7-11-37-12-8-28/h1-5,17-19,25-26,37H,6-16,20H2. The van der Waals surface area contributed by atoms with Gasteiger partial charge in [0.05, 0.1) is 11.1 Å². The molecule has 3 saturated heterocycles. The molecule has 3 aliphatic heterocycles. The van der Waals surface area contributed by atoms with E-state index in [1.807, 2.05) is 30.3 Å². The first-order valence-electron chi connectivity index (χ1n) is 14.0. The SMILES string of the molecule is O=C(c1cc(C(F)(F)F)cc(C(F)(F)F)c1)N1CCC(N2CCC3(CCNCC3)CC2)CC1Cc1ccccc1. The van der Waals surface area contributed by atoms with Crippen LogP contribution in [0.15, 0.2) is 48.5 Å². The van der Waals surface area contributed by atoms with Crippen LogP contribution in [0.3, 0.4) is 0 Å². The predicted octanol–water partition coefficient (Wildman–Crippen LogP) is 6.41.